The molecule has 1 aliphatic rings. The zero-order valence-corrected chi connectivity index (χ0v) is 13.6. The van der Waals surface area contributed by atoms with Crippen molar-refractivity contribution in [3.8, 4) is 0 Å². The fraction of sp³-hybridized carbons (Fsp3) is 0.750. The van der Waals surface area contributed by atoms with E-state index < -0.39 is 47.7 Å². The lowest BCUT2D eigenvalue weighted by atomic mass is 9.97. The first kappa shape index (κ1) is 19.1. The third-order valence-corrected chi connectivity index (χ3v) is 3.29. The van der Waals surface area contributed by atoms with Crippen molar-refractivity contribution in [3.05, 3.63) is 10.4 Å². The average Bonchev–Trinajstić information content (AvgIpc) is 2.43. The van der Waals surface area contributed by atoms with Crippen molar-refractivity contribution in [3.63, 3.8) is 0 Å². The van der Waals surface area contributed by atoms with Crippen LogP contribution in [-0.4, -0.2) is 54.3 Å². The SMILES string of the molecule is CC(=O)OC[C@H]1O[C@H](S)[C@H](OC(C)=O)[C@@H](N=[N+]=[N-])[C@H]1OC(C)=O. The first-order chi connectivity index (χ1) is 10.8. The molecule has 0 unspecified atom stereocenters. The largest absolute Gasteiger partial charge is 0.463 e. The normalized spacial score (nSPS) is 29.8. The first-order valence-corrected chi connectivity index (χ1v) is 7.13. The Morgan fingerprint density at radius 2 is 1.70 bits per heavy atom. The van der Waals surface area contributed by atoms with Crippen LogP contribution in [0.5, 0.6) is 0 Å². The summed E-state index contributed by atoms with van der Waals surface area (Å²) < 4.78 is 20.5. The maximum absolute atomic E-state index is 11.3. The number of ether oxygens (including phenoxy) is 4. The van der Waals surface area contributed by atoms with Gasteiger partial charge in [-0.2, -0.15) is 0 Å². The van der Waals surface area contributed by atoms with Gasteiger partial charge in [0, 0.05) is 25.7 Å². The van der Waals surface area contributed by atoms with Gasteiger partial charge in [0.15, 0.2) is 0 Å². The van der Waals surface area contributed by atoms with Gasteiger partial charge in [-0.05, 0) is 5.53 Å². The van der Waals surface area contributed by atoms with Crippen molar-refractivity contribution in [2.75, 3.05) is 6.61 Å². The molecule has 1 aliphatic heterocycles. The Hall–Kier alpha value is -1.97. The lowest BCUT2D eigenvalue weighted by Gasteiger charge is -2.42. The highest BCUT2D eigenvalue weighted by molar-refractivity contribution is 7.80. The Kier molecular flexibility index (Phi) is 7.14. The molecule has 0 aliphatic carbocycles. The molecule has 5 atom stereocenters. The van der Waals surface area contributed by atoms with E-state index in [0.717, 1.165) is 6.92 Å². The molecule has 23 heavy (non-hydrogen) atoms. The predicted octanol–water partition coefficient (Wildman–Crippen LogP) is 0.746. The molecule has 1 rings (SSSR count). The van der Waals surface area contributed by atoms with Crippen molar-refractivity contribution >= 4 is 30.5 Å². The average molecular weight is 347 g/mol. The van der Waals surface area contributed by atoms with Crippen LogP contribution in [0.1, 0.15) is 20.8 Å². The van der Waals surface area contributed by atoms with Crippen LogP contribution in [0, 0.1) is 0 Å². The van der Waals surface area contributed by atoms with Crippen molar-refractivity contribution in [2.24, 2.45) is 5.11 Å². The highest BCUT2D eigenvalue weighted by Gasteiger charge is 2.48. The highest BCUT2D eigenvalue weighted by Crippen LogP contribution is 2.30. The van der Waals surface area contributed by atoms with E-state index in [0.29, 0.717) is 0 Å². The number of thiol groups is 1. The molecule has 0 spiro atoms. The first-order valence-electron chi connectivity index (χ1n) is 6.61. The van der Waals surface area contributed by atoms with Gasteiger partial charge >= 0.3 is 17.9 Å². The van der Waals surface area contributed by atoms with Gasteiger partial charge in [0.2, 0.25) is 0 Å². The van der Waals surface area contributed by atoms with Gasteiger partial charge in [0.05, 0.1) is 0 Å². The van der Waals surface area contributed by atoms with E-state index in [2.05, 4.69) is 22.7 Å². The molecule has 0 saturated carbocycles. The summed E-state index contributed by atoms with van der Waals surface area (Å²) in [5.41, 5.74) is 7.78. The minimum atomic E-state index is -1.10. The summed E-state index contributed by atoms with van der Waals surface area (Å²) in [6.45, 7) is 3.28. The standard InChI is InChI=1S/C12H17N3O7S/c1-5(16)19-4-8-10(20-6(2)17)9(14-15-13)11(12(23)22-8)21-7(3)18/h8-12,23H,4H2,1-3H3/t8-,9+,10+,11-,12-/m1/s1. The maximum Gasteiger partial charge on any atom is 0.303 e. The van der Waals surface area contributed by atoms with Crippen LogP contribution < -0.4 is 0 Å². The van der Waals surface area contributed by atoms with Crippen LogP contribution >= 0.6 is 12.6 Å². The topological polar surface area (TPSA) is 137 Å². The number of hydrogen-bond donors (Lipinski definition) is 1. The molecule has 0 bridgehead atoms. The maximum atomic E-state index is 11.3. The quantitative estimate of drug-likeness (QED) is 0.193. The van der Waals surface area contributed by atoms with Crippen LogP contribution in [0.2, 0.25) is 0 Å². The number of hydrogen-bond acceptors (Lipinski definition) is 9. The summed E-state index contributed by atoms with van der Waals surface area (Å²) in [4.78, 5) is 36.2. The molecule has 0 aromatic rings. The van der Waals surface area contributed by atoms with Crippen molar-refractivity contribution in [1.82, 2.24) is 0 Å². The number of carbonyl (C=O) groups is 3. The molecular weight excluding hydrogens is 330 g/mol. The second kappa shape index (κ2) is 8.61. The number of carbonyl (C=O) groups excluding carboxylic acids is 3. The second-order valence-corrected chi connectivity index (χ2v) is 5.22. The van der Waals surface area contributed by atoms with Gasteiger partial charge in [-0.15, -0.1) is 12.6 Å². The fourth-order valence-electron chi connectivity index (χ4n) is 2.09. The minimum absolute atomic E-state index is 0.241. The Bertz CT molecular complexity index is 523. The Morgan fingerprint density at radius 1 is 1.13 bits per heavy atom. The van der Waals surface area contributed by atoms with Gasteiger partial charge in [-0.3, -0.25) is 14.4 Å². The molecular formula is C12H17N3O7S. The summed E-state index contributed by atoms with van der Waals surface area (Å²) in [5, 5.41) is 3.54. The summed E-state index contributed by atoms with van der Waals surface area (Å²) in [6.07, 6.45) is -3.09. The zero-order valence-electron chi connectivity index (χ0n) is 12.7. The van der Waals surface area contributed by atoms with Gasteiger partial charge in [-0.25, -0.2) is 0 Å². The van der Waals surface area contributed by atoms with Crippen molar-refractivity contribution in [2.45, 2.75) is 50.6 Å². The number of azide groups is 1. The molecule has 128 valence electrons. The lowest BCUT2D eigenvalue weighted by molar-refractivity contribution is -0.200. The molecule has 0 aromatic carbocycles. The van der Waals surface area contributed by atoms with Gasteiger partial charge in [-0.1, -0.05) is 5.11 Å². The van der Waals surface area contributed by atoms with E-state index in [4.69, 9.17) is 24.5 Å². The zero-order chi connectivity index (χ0) is 17.6. The summed E-state index contributed by atoms with van der Waals surface area (Å²) >= 11 is 4.15. The van der Waals surface area contributed by atoms with Gasteiger partial charge in [0.1, 0.15) is 36.4 Å². The van der Waals surface area contributed by atoms with Crippen LogP contribution in [0.3, 0.4) is 0 Å². The van der Waals surface area contributed by atoms with E-state index >= 15 is 0 Å². The third kappa shape index (κ3) is 5.62. The van der Waals surface area contributed by atoms with Crippen LogP contribution in [-0.2, 0) is 33.3 Å². The fourth-order valence-corrected chi connectivity index (χ4v) is 2.48. The molecule has 10 nitrogen and oxygen atoms in total. The number of rotatable bonds is 5. The minimum Gasteiger partial charge on any atom is -0.463 e. The van der Waals surface area contributed by atoms with Gasteiger partial charge in [0.25, 0.3) is 0 Å². The molecule has 1 fully saturated rings. The van der Waals surface area contributed by atoms with Crippen LogP contribution in [0.15, 0.2) is 5.11 Å². The molecule has 0 N–H and O–H groups in total. The van der Waals surface area contributed by atoms with Crippen molar-refractivity contribution in [1.29, 1.82) is 0 Å². The summed E-state index contributed by atoms with van der Waals surface area (Å²) in [6, 6.07) is -1.08. The number of esters is 3. The Balaban J connectivity index is 3.09. The van der Waals surface area contributed by atoms with Crippen molar-refractivity contribution < 1.29 is 33.3 Å². The predicted molar refractivity (Wildman–Crippen MR) is 78.3 cm³/mol. The van der Waals surface area contributed by atoms with E-state index in [1.54, 1.807) is 0 Å². The molecule has 0 amide bonds. The Labute approximate surface area is 137 Å². The lowest BCUT2D eigenvalue weighted by Crippen LogP contribution is -2.59. The van der Waals surface area contributed by atoms with E-state index in [-0.39, 0.29) is 6.61 Å². The summed E-state index contributed by atoms with van der Waals surface area (Å²) in [7, 11) is 0. The molecule has 11 heteroatoms. The highest BCUT2D eigenvalue weighted by atomic mass is 32.1. The smallest absolute Gasteiger partial charge is 0.303 e. The summed E-state index contributed by atoms with van der Waals surface area (Å²) in [5.74, 6) is -1.87. The molecule has 1 heterocycles. The van der Waals surface area contributed by atoms with E-state index in [9.17, 15) is 14.4 Å². The number of nitrogens with zero attached hydrogens (tertiary/aromatic N) is 3. The van der Waals surface area contributed by atoms with Gasteiger partial charge < -0.3 is 18.9 Å². The van der Waals surface area contributed by atoms with E-state index in [1.165, 1.54) is 13.8 Å². The van der Waals surface area contributed by atoms with E-state index in [1.807, 2.05) is 0 Å². The molecule has 1 saturated heterocycles. The Morgan fingerprint density at radius 3 is 2.17 bits per heavy atom. The monoisotopic (exact) mass is 347 g/mol. The molecule has 0 aromatic heterocycles. The van der Waals surface area contributed by atoms with Crippen LogP contribution in [0.25, 0.3) is 10.4 Å². The molecule has 0 radical (unpaired) electrons. The third-order valence-electron chi connectivity index (χ3n) is 2.87. The van der Waals surface area contributed by atoms with Crippen LogP contribution in [0.4, 0.5) is 0 Å². The second-order valence-electron chi connectivity index (χ2n) is 4.71.